The predicted octanol–water partition coefficient (Wildman–Crippen LogP) is 13.5. The van der Waals surface area contributed by atoms with E-state index in [-0.39, 0.29) is 5.82 Å². The van der Waals surface area contributed by atoms with Crippen LogP contribution >= 0.6 is 0 Å². The first-order chi connectivity index (χ1) is 29.1. The highest BCUT2D eigenvalue weighted by Gasteiger charge is 2.20. The first-order valence-electron chi connectivity index (χ1n) is 19.7. The first-order valence-corrected chi connectivity index (χ1v) is 19.7. The summed E-state index contributed by atoms with van der Waals surface area (Å²) in [7, 11) is 0. The zero-order valence-corrected chi connectivity index (χ0v) is 31.6. The highest BCUT2D eigenvalue weighted by Crippen LogP contribution is 2.39. The Kier molecular flexibility index (Phi) is 7.34. The molecule has 0 unspecified atom stereocenters. The largest absolute Gasteiger partial charge is 0.309 e. The van der Waals surface area contributed by atoms with Gasteiger partial charge in [-0.05, 0) is 99.4 Å². The van der Waals surface area contributed by atoms with Crippen molar-refractivity contribution in [3.63, 3.8) is 0 Å². The van der Waals surface area contributed by atoms with Crippen molar-refractivity contribution in [3.05, 3.63) is 200 Å². The van der Waals surface area contributed by atoms with E-state index in [9.17, 15) is 4.39 Å². The minimum Gasteiger partial charge on any atom is -0.309 e. The van der Waals surface area contributed by atoms with Gasteiger partial charge in [-0.1, -0.05) is 127 Å². The van der Waals surface area contributed by atoms with Crippen LogP contribution in [0.2, 0.25) is 0 Å². The fraction of sp³-hybridized carbons (Fsp3) is 0. The van der Waals surface area contributed by atoms with Crippen LogP contribution in [-0.2, 0) is 0 Å². The molecule has 0 atom stereocenters. The Balaban J connectivity index is 1.03. The van der Waals surface area contributed by atoms with Gasteiger partial charge in [0, 0.05) is 38.4 Å². The van der Waals surface area contributed by atoms with Gasteiger partial charge >= 0.3 is 0 Å². The Morgan fingerprint density at radius 2 is 0.831 bits per heavy atom. The average Bonchev–Trinajstić information content (AvgIpc) is 3.81. The lowest BCUT2D eigenvalue weighted by Gasteiger charge is -2.12. The number of para-hydroxylation sites is 3. The van der Waals surface area contributed by atoms with Gasteiger partial charge in [-0.3, -0.25) is 4.57 Å². The maximum Gasteiger partial charge on any atom is 0.238 e. The molecule has 12 aromatic rings. The van der Waals surface area contributed by atoms with Crippen molar-refractivity contribution in [2.45, 2.75) is 0 Å². The summed E-state index contributed by atoms with van der Waals surface area (Å²) in [4.78, 5) is 15.4. The Morgan fingerprint density at radius 3 is 1.51 bits per heavy atom. The van der Waals surface area contributed by atoms with E-state index >= 15 is 0 Å². The third-order valence-electron chi connectivity index (χ3n) is 11.6. The molecule has 0 fully saturated rings. The van der Waals surface area contributed by atoms with Gasteiger partial charge in [0.2, 0.25) is 5.95 Å². The van der Waals surface area contributed by atoms with Crippen LogP contribution in [0.3, 0.4) is 0 Å². The summed E-state index contributed by atoms with van der Waals surface area (Å²) in [5.74, 6) is 1.45. The van der Waals surface area contributed by atoms with Gasteiger partial charge in [0.15, 0.2) is 11.6 Å². The fourth-order valence-electron chi connectivity index (χ4n) is 8.87. The van der Waals surface area contributed by atoms with Crippen molar-refractivity contribution in [2.75, 3.05) is 0 Å². The van der Waals surface area contributed by atoms with E-state index in [1.165, 1.54) is 27.9 Å². The number of benzene rings is 9. The van der Waals surface area contributed by atoms with Crippen molar-refractivity contribution < 1.29 is 4.39 Å². The molecule has 0 saturated heterocycles. The van der Waals surface area contributed by atoms with E-state index in [2.05, 4.69) is 137 Å². The molecule has 6 heteroatoms. The van der Waals surface area contributed by atoms with Crippen LogP contribution in [0.5, 0.6) is 0 Å². The summed E-state index contributed by atoms with van der Waals surface area (Å²) < 4.78 is 18.6. The van der Waals surface area contributed by atoms with Gasteiger partial charge in [-0.15, -0.1) is 0 Å². The van der Waals surface area contributed by atoms with Crippen LogP contribution in [0.1, 0.15) is 0 Å². The summed E-state index contributed by atoms with van der Waals surface area (Å²) in [5, 5.41) is 8.60. The Morgan fingerprint density at radius 1 is 0.322 bits per heavy atom. The molecule has 0 aliphatic rings. The Hall–Kier alpha value is -7.96. The fourth-order valence-corrected chi connectivity index (χ4v) is 8.87. The van der Waals surface area contributed by atoms with Crippen LogP contribution in [-0.4, -0.2) is 24.1 Å². The molecule has 0 bridgehead atoms. The summed E-state index contributed by atoms with van der Waals surface area (Å²) in [6, 6.07) is 66.4. The van der Waals surface area contributed by atoms with Gasteiger partial charge in [0.05, 0.1) is 22.1 Å². The smallest absolute Gasteiger partial charge is 0.238 e. The molecule has 0 saturated carbocycles. The number of halogens is 1. The second-order valence-electron chi connectivity index (χ2n) is 15.0. The zero-order valence-electron chi connectivity index (χ0n) is 31.6. The maximum atomic E-state index is 14.1. The normalized spacial score (nSPS) is 11.8. The maximum absolute atomic E-state index is 14.1. The van der Waals surface area contributed by atoms with Crippen LogP contribution in [0.15, 0.2) is 194 Å². The summed E-state index contributed by atoms with van der Waals surface area (Å²) in [5.41, 5.74) is 9.56. The monoisotopic (exact) mass is 757 g/mol. The number of fused-ring (bicyclic) bond motifs is 9. The minimum absolute atomic E-state index is 0.245. The highest BCUT2D eigenvalue weighted by molar-refractivity contribution is 6.13. The second-order valence-corrected chi connectivity index (χ2v) is 15.0. The minimum atomic E-state index is -0.245. The quantitative estimate of drug-likeness (QED) is 0.164. The van der Waals surface area contributed by atoms with Crippen LogP contribution in [0, 0.1) is 5.82 Å². The number of rotatable bonds is 5. The lowest BCUT2D eigenvalue weighted by molar-refractivity contribution is 0.630. The Bertz CT molecular complexity index is 3630. The van der Waals surface area contributed by atoms with Crippen molar-refractivity contribution in [2.24, 2.45) is 0 Å². The van der Waals surface area contributed by atoms with Gasteiger partial charge in [0.25, 0.3) is 0 Å². The molecule has 0 aliphatic heterocycles. The number of hydrogen-bond donors (Lipinski definition) is 0. The molecule has 0 amide bonds. The number of aromatic nitrogens is 5. The third kappa shape index (κ3) is 5.34. The molecule has 0 aliphatic carbocycles. The van der Waals surface area contributed by atoms with Crippen LogP contribution in [0.4, 0.5) is 4.39 Å². The predicted molar refractivity (Wildman–Crippen MR) is 240 cm³/mol. The molecule has 59 heavy (non-hydrogen) atoms. The van der Waals surface area contributed by atoms with Gasteiger partial charge in [-0.25, -0.2) is 9.37 Å². The van der Waals surface area contributed by atoms with E-state index in [1.54, 1.807) is 6.07 Å². The molecule has 0 spiro atoms. The Labute approximate surface area is 337 Å². The molecule has 3 heterocycles. The molecule has 0 radical (unpaired) electrons. The van der Waals surface area contributed by atoms with E-state index < -0.39 is 0 Å². The van der Waals surface area contributed by atoms with E-state index in [1.807, 2.05) is 54.6 Å². The molecular formula is C53H32FN5. The van der Waals surface area contributed by atoms with E-state index in [4.69, 9.17) is 15.0 Å². The summed E-state index contributed by atoms with van der Waals surface area (Å²) in [6.45, 7) is 0. The molecule has 12 rings (SSSR count). The van der Waals surface area contributed by atoms with Gasteiger partial charge in [-0.2, -0.15) is 9.97 Å². The lowest BCUT2D eigenvalue weighted by Crippen LogP contribution is -2.06. The lowest BCUT2D eigenvalue weighted by atomic mass is 10.00. The highest BCUT2D eigenvalue weighted by atomic mass is 19.1. The number of hydrogen-bond acceptors (Lipinski definition) is 3. The van der Waals surface area contributed by atoms with Crippen LogP contribution < -0.4 is 0 Å². The third-order valence-corrected chi connectivity index (χ3v) is 11.6. The molecule has 0 N–H and O–H groups in total. The molecule has 5 nitrogen and oxygen atoms in total. The average molecular weight is 758 g/mol. The first kappa shape index (κ1) is 33.2. The second kappa shape index (κ2) is 13.0. The van der Waals surface area contributed by atoms with Crippen molar-refractivity contribution in [1.82, 2.24) is 24.1 Å². The molecule has 9 aromatic carbocycles. The van der Waals surface area contributed by atoms with E-state index in [0.717, 1.165) is 71.3 Å². The zero-order chi connectivity index (χ0) is 39.0. The van der Waals surface area contributed by atoms with E-state index in [0.29, 0.717) is 17.6 Å². The van der Waals surface area contributed by atoms with Gasteiger partial charge in [0.1, 0.15) is 5.82 Å². The SMILES string of the molecule is Fc1ccc2c(ccc3cc(-c4nc(-c5ccccc5)nc(-n5c6ccccc6c6cc(-c7ccc8c(c7)c7ccccc7n8-c7ccccc7)ccc65)n4)ccc32)c1. The van der Waals surface area contributed by atoms with Crippen molar-refractivity contribution >= 4 is 65.2 Å². The van der Waals surface area contributed by atoms with Gasteiger partial charge < -0.3 is 4.57 Å². The standard InChI is InChI=1S/C53H32FN5/c54-39-24-26-42-37(30-39)20-19-36-29-38(21-25-41(36)42)52-55-51(33-11-3-1-4-12-33)56-53(57-52)59-48-18-10-8-16-44(48)46-32-35(23-28-50(46)59)34-22-27-49-45(31-34)43-15-7-9-17-47(43)58(49)40-13-5-2-6-14-40/h1-32H. The molecule has 276 valence electrons. The summed E-state index contributed by atoms with van der Waals surface area (Å²) in [6.07, 6.45) is 0. The number of nitrogens with zero attached hydrogens (tertiary/aromatic N) is 5. The molecule has 3 aromatic heterocycles. The summed E-state index contributed by atoms with van der Waals surface area (Å²) >= 11 is 0. The molecular weight excluding hydrogens is 726 g/mol. The van der Waals surface area contributed by atoms with Crippen LogP contribution in [0.25, 0.3) is 111 Å². The topological polar surface area (TPSA) is 48.5 Å². The van der Waals surface area contributed by atoms with Crippen molar-refractivity contribution in [1.29, 1.82) is 0 Å². The van der Waals surface area contributed by atoms with Crippen molar-refractivity contribution in [3.8, 4) is 45.5 Å².